The number of fused-ring (bicyclic) bond motifs is 1. The molecule has 0 spiro atoms. The summed E-state index contributed by atoms with van der Waals surface area (Å²) in [4.78, 5) is 15.4. The van der Waals surface area contributed by atoms with Crippen LogP contribution < -0.4 is 4.74 Å². The van der Waals surface area contributed by atoms with Gasteiger partial charge in [0.2, 0.25) is 0 Å². The number of benzene rings is 1. The van der Waals surface area contributed by atoms with Crippen molar-refractivity contribution in [2.45, 2.75) is 26.3 Å². The first kappa shape index (κ1) is 16.7. The number of aromatic nitrogens is 4. The monoisotopic (exact) mass is 369 g/mol. The van der Waals surface area contributed by atoms with Crippen molar-refractivity contribution >= 4 is 17.4 Å². The van der Waals surface area contributed by atoms with Crippen LogP contribution in [0.15, 0.2) is 24.3 Å². The first-order valence-corrected chi connectivity index (χ1v) is 9.29. The maximum absolute atomic E-state index is 12.9. The molecule has 3 aromatic rings. The van der Waals surface area contributed by atoms with Crippen molar-refractivity contribution < 1.29 is 9.53 Å². The van der Waals surface area contributed by atoms with Crippen LogP contribution in [-0.2, 0) is 19.4 Å². The van der Waals surface area contributed by atoms with Crippen molar-refractivity contribution in [1.29, 1.82) is 0 Å². The lowest BCUT2D eigenvalue weighted by atomic mass is 10.0. The zero-order chi connectivity index (χ0) is 18.1. The Morgan fingerprint density at radius 2 is 2.31 bits per heavy atom. The number of aromatic amines is 1. The summed E-state index contributed by atoms with van der Waals surface area (Å²) in [7, 11) is 1.65. The minimum atomic E-state index is 0.000271. The smallest absolute Gasteiger partial charge is 0.267 e. The highest BCUT2D eigenvalue weighted by Crippen LogP contribution is 2.31. The van der Waals surface area contributed by atoms with Crippen LogP contribution in [0.5, 0.6) is 5.75 Å². The van der Waals surface area contributed by atoms with E-state index in [2.05, 4.69) is 19.8 Å². The summed E-state index contributed by atoms with van der Waals surface area (Å²) < 4.78 is 9.25. The molecule has 1 aliphatic rings. The van der Waals surface area contributed by atoms with E-state index < -0.39 is 0 Å². The Bertz CT molecular complexity index is 949. The summed E-state index contributed by atoms with van der Waals surface area (Å²) in [6, 6.07) is 7.81. The lowest BCUT2D eigenvalue weighted by Gasteiger charge is -2.26. The Labute approximate surface area is 155 Å². The molecule has 26 heavy (non-hydrogen) atoms. The molecular formula is C18H19N5O2S. The van der Waals surface area contributed by atoms with Crippen LogP contribution in [0.25, 0.3) is 11.3 Å². The fraction of sp³-hybridized carbons (Fsp3) is 0.333. The molecule has 2 aromatic heterocycles. The maximum Gasteiger partial charge on any atom is 0.267 e. The van der Waals surface area contributed by atoms with Gasteiger partial charge in [0.15, 0.2) is 0 Å². The first-order valence-electron chi connectivity index (χ1n) is 8.52. The van der Waals surface area contributed by atoms with Gasteiger partial charge in [-0.15, -0.1) is 5.10 Å². The number of carbonyl (C=O) groups excluding carboxylic acids is 1. The van der Waals surface area contributed by atoms with Crippen LogP contribution in [0.2, 0.25) is 0 Å². The van der Waals surface area contributed by atoms with Gasteiger partial charge in [-0.2, -0.15) is 5.10 Å². The second-order valence-electron chi connectivity index (χ2n) is 6.14. The third-order valence-corrected chi connectivity index (χ3v) is 5.40. The van der Waals surface area contributed by atoms with Gasteiger partial charge in [0.25, 0.3) is 5.91 Å². The van der Waals surface area contributed by atoms with Crippen LogP contribution in [-0.4, -0.2) is 44.2 Å². The molecule has 7 nitrogen and oxygen atoms in total. The molecule has 4 rings (SSSR count). The predicted octanol–water partition coefficient (Wildman–Crippen LogP) is 2.70. The highest BCUT2D eigenvalue weighted by molar-refractivity contribution is 7.08. The molecule has 0 fully saturated rings. The Balaban J connectivity index is 1.64. The molecule has 0 atom stereocenters. The van der Waals surface area contributed by atoms with Crippen LogP contribution in [0, 0.1) is 0 Å². The minimum absolute atomic E-state index is 0.000271. The number of rotatable bonds is 4. The van der Waals surface area contributed by atoms with Gasteiger partial charge >= 0.3 is 0 Å². The highest BCUT2D eigenvalue weighted by Gasteiger charge is 2.28. The molecule has 1 aliphatic heterocycles. The first-order chi connectivity index (χ1) is 12.7. The number of hydrogen-bond acceptors (Lipinski definition) is 6. The Hall–Kier alpha value is -2.74. The topological polar surface area (TPSA) is 84.0 Å². The average molecular weight is 369 g/mol. The quantitative estimate of drug-likeness (QED) is 0.764. The maximum atomic E-state index is 12.9. The Morgan fingerprint density at radius 3 is 3.12 bits per heavy atom. The van der Waals surface area contributed by atoms with Crippen LogP contribution in [0.4, 0.5) is 0 Å². The van der Waals surface area contributed by atoms with Gasteiger partial charge in [-0.25, -0.2) is 0 Å². The van der Waals surface area contributed by atoms with Crippen LogP contribution in [0.1, 0.15) is 33.5 Å². The summed E-state index contributed by atoms with van der Waals surface area (Å²) in [6.45, 7) is 3.17. The SMILES string of the molecule is CCc1nnsc1C(=O)N1CCc2[nH]nc(-c3cccc(OC)c3)c2C1. The predicted molar refractivity (Wildman–Crippen MR) is 98.3 cm³/mol. The molecule has 0 bridgehead atoms. The average Bonchev–Trinajstić information content (AvgIpc) is 3.33. The van der Waals surface area contributed by atoms with E-state index in [0.29, 0.717) is 24.4 Å². The molecule has 0 unspecified atom stereocenters. The number of ether oxygens (including phenoxy) is 1. The lowest BCUT2D eigenvalue weighted by molar-refractivity contribution is 0.0738. The molecule has 8 heteroatoms. The number of nitrogens with zero attached hydrogens (tertiary/aromatic N) is 4. The molecule has 134 valence electrons. The number of hydrogen-bond donors (Lipinski definition) is 1. The second-order valence-corrected chi connectivity index (χ2v) is 6.89. The highest BCUT2D eigenvalue weighted by atomic mass is 32.1. The van der Waals surface area contributed by atoms with E-state index in [0.717, 1.165) is 40.4 Å². The third kappa shape index (κ3) is 2.86. The molecule has 1 amide bonds. The summed E-state index contributed by atoms with van der Waals surface area (Å²) in [6.07, 6.45) is 1.46. The number of H-pyrrole nitrogens is 1. The number of aryl methyl sites for hydroxylation is 1. The van der Waals surface area contributed by atoms with Crippen molar-refractivity contribution in [2.75, 3.05) is 13.7 Å². The van der Waals surface area contributed by atoms with E-state index in [4.69, 9.17) is 4.74 Å². The van der Waals surface area contributed by atoms with Crippen molar-refractivity contribution in [1.82, 2.24) is 24.7 Å². The van der Waals surface area contributed by atoms with Gasteiger partial charge in [0, 0.05) is 36.3 Å². The fourth-order valence-corrected chi connectivity index (χ4v) is 3.94. The van der Waals surface area contributed by atoms with E-state index >= 15 is 0 Å². The van der Waals surface area contributed by atoms with Crippen molar-refractivity contribution in [3.63, 3.8) is 0 Å². The molecule has 0 saturated heterocycles. The van der Waals surface area contributed by atoms with E-state index in [1.165, 1.54) is 11.5 Å². The molecule has 1 N–H and O–H groups in total. The molecular weight excluding hydrogens is 350 g/mol. The molecule has 0 aliphatic carbocycles. The van der Waals surface area contributed by atoms with E-state index in [9.17, 15) is 4.79 Å². The Kier molecular flexibility index (Phi) is 4.42. The van der Waals surface area contributed by atoms with Gasteiger partial charge in [-0.3, -0.25) is 9.89 Å². The van der Waals surface area contributed by atoms with E-state index in [-0.39, 0.29) is 5.91 Å². The van der Waals surface area contributed by atoms with Gasteiger partial charge in [-0.05, 0) is 30.1 Å². The van der Waals surface area contributed by atoms with Crippen molar-refractivity contribution in [3.8, 4) is 17.0 Å². The minimum Gasteiger partial charge on any atom is -0.497 e. The molecule has 1 aromatic carbocycles. The Morgan fingerprint density at radius 1 is 1.42 bits per heavy atom. The van der Waals surface area contributed by atoms with Crippen LogP contribution >= 0.6 is 11.5 Å². The number of nitrogens with one attached hydrogen (secondary N) is 1. The number of methoxy groups -OCH3 is 1. The van der Waals surface area contributed by atoms with Crippen molar-refractivity contribution in [3.05, 3.63) is 46.1 Å². The normalized spacial score (nSPS) is 13.5. The zero-order valence-electron chi connectivity index (χ0n) is 14.7. The zero-order valence-corrected chi connectivity index (χ0v) is 15.5. The summed E-state index contributed by atoms with van der Waals surface area (Å²) in [5.74, 6) is 0.784. The summed E-state index contributed by atoms with van der Waals surface area (Å²) in [5, 5.41) is 11.7. The number of carbonyl (C=O) groups is 1. The van der Waals surface area contributed by atoms with Crippen LogP contribution in [0.3, 0.4) is 0 Å². The lowest BCUT2D eigenvalue weighted by Crippen LogP contribution is -2.36. The van der Waals surface area contributed by atoms with Gasteiger partial charge < -0.3 is 9.64 Å². The number of amides is 1. The van der Waals surface area contributed by atoms with Gasteiger partial charge in [0.1, 0.15) is 10.6 Å². The van der Waals surface area contributed by atoms with E-state index in [1.807, 2.05) is 36.1 Å². The standard InChI is InChI=1S/C18H19N5O2S/c1-3-14-17(26-22-20-14)18(24)23-8-7-15-13(10-23)16(21-19-15)11-5-4-6-12(9-11)25-2/h4-6,9H,3,7-8,10H2,1-2H3,(H,19,21). The van der Waals surface area contributed by atoms with Gasteiger partial charge in [-0.1, -0.05) is 23.5 Å². The van der Waals surface area contributed by atoms with Crippen molar-refractivity contribution in [2.24, 2.45) is 0 Å². The molecule has 3 heterocycles. The third-order valence-electron chi connectivity index (χ3n) is 4.65. The second kappa shape index (κ2) is 6.87. The summed E-state index contributed by atoms with van der Waals surface area (Å²) in [5.41, 5.74) is 4.77. The van der Waals surface area contributed by atoms with E-state index in [1.54, 1.807) is 7.11 Å². The largest absolute Gasteiger partial charge is 0.497 e. The summed E-state index contributed by atoms with van der Waals surface area (Å²) >= 11 is 1.17. The van der Waals surface area contributed by atoms with Gasteiger partial charge in [0.05, 0.1) is 18.5 Å². The molecule has 0 radical (unpaired) electrons. The fourth-order valence-electron chi connectivity index (χ4n) is 3.22. The molecule has 0 saturated carbocycles.